The van der Waals surface area contributed by atoms with Crippen molar-refractivity contribution in [1.82, 2.24) is 29.1 Å². The zero-order valence-corrected chi connectivity index (χ0v) is 48.8. The van der Waals surface area contributed by atoms with E-state index in [1.807, 2.05) is 6.07 Å². The molecule has 18 aromatic rings. The largest absolute Gasteiger partial charge is 0.309 e. The van der Waals surface area contributed by atoms with Gasteiger partial charge in [-0.15, -0.1) is 22.7 Å². The smallest absolute Gasteiger partial charge is 0.160 e. The van der Waals surface area contributed by atoms with Crippen LogP contribution < -0.4 is 0 Å². The van der Waals surface area contributed by atoms with Crippen molar-refractivity contribution in [3.8, 4) is 90.0 Å². The molecule has 0 fully saturated rings. The van der Waals surface area contributed by atoms with Crippen LogP contribution in [0.1, 0.15) is 0 Å². The summed E-state index contributed by atoms with van der Waals surface area (Å²) in [5.74, 6) is 1.42. The molecular formula is C80H48N6S2. The van der Waals surface area contributed by atoms with Gasteiger partial charge in [-0.1, -0.05) is 218 Å². The predicted molar refractivity (Wildman–Crippen MR) is 370 cm³/mol. The molecule has 0 saturated heterocycles. The minimum absolute atomic E-state index is 0.704. The van der Waals surface area contributed by atoms with Gasteiger partial charge in [0, 0.05) is 75.3 Å². The Labute approximate surface area is 513 Å². The fourth-order valence-corrected chi connectivity index (χ4v) is 15.7. The molecule has 18 rings (SSSR count). The fraction of sp³-hybridized carbons (Fsp3) is 0. The summed E-state index contributed by atoms with van der Waals surface area (Å²) in [7, 11) is 0. The molecule has 0 radical (unpaired) electrons. The van der Waals surface area contributed by atoms with Gasteiger partial charge >= 0.3 is 0 Å². The molecule has 0 bridgehead atoms. The van der Waals surface area contributed by atoms with Crippen LogP contribution in [0.25, 0.3) is 174 Å². The second-order valence-electron chi connectivity index (χ2n) is 22.5. The van der Waals surface area contributed by atoms with E-state index in [1.165, 1.54) is 53.0 Å². The van der Waals surface area contributed by atoms with Crippen molar-refractivity contribution in [2.24, 2.45) is 0 Å². The highest BCUT2D eigenvalue weighted by Crippen LogP contribution is 2.47. The number of rotatable bonds is 9. The molecule has 6 aromatic heterocycles. The van der Waals surface area contributed by atoms with Crippen molar-refractivity contribution in [2.75, 3.05) is 0 Å². The van der Waals surface area contributed by atoms with Gasteiger partial charge in [0.1, 0.15) is 0 Å². The number of benzene rings is 12. The lowest BCUT2D eigenvalue weighted by Crippen LogP contribution is -1.94. The molecule has 12 aromatic carbocycles. The van der Waals surface area contributed by atoms with Crippen LogP contribution in [0, 0.1) is 0 Å². The molecule has 0 amide bonds. The first-order valence-corrected chi connectivity index (χ1v) is 31.2. The molecule has 0 atom stereocenters. The highest BCUT2D eigenvalue weighted by atomic mass is 32.1. The lowest BCUT2D eigenvalue weighted by Gasteiger charge is -2.11. The maximum absolute atomic E-state index is 5.43. The number of nitrogens with zero attached hydrogens (tertiary/aromatic N) is 6. The first-order chi connectivity index (χ1) is 43.6. The average Bonchev–Trinajstić information content (AvgIpc) is 1.68. The third-order valence-electron chi connectivity index (χ3n) is 17.4. The first kappa shape index (κ1) is 50.2. The first-order valence-electron chi connectivity index (χ1n) is 29.6. The molecule has 0 unspecified atom stereocenters. The molecule has 88 heavy (non-hydrogen) atoms. The van der Waals surface area contributed by atoms with Crippen LogP contribution in [-0.2, 0) is 0 Å². The van der Waals surface area contributed by atoms with Gasteiger partial charge in [0.15, 0.2) is 11.6 Å². The molecule has 410 valence electrons. The molecule has 8 heteroatoms. The summed E-state index contributed by atoms with van der Waals surface area (Å²) in [5, 5.41) is 7.16. The third kappa shape index (κ3) is 8.14. The standard InChI is InChI=1S/C80H48N6S2/c1-5-19-51(20-6-1)72-77-75(65-47-64-61-31-13-15-33-66(61)86(60-29-11-4-12-30-60)69(64)48-70(65)87-77)84-80(81-72)54-41-37-50(38-42-54)56-24-18-26-58(46-56)57-25-17-23-55(45-57)49-35-39-52(40-36-49)73-78-74(83-79(82-73)53-21-7-2-8-22-53)63-43-44-68-71(76(63)88-78)62-32-14-16-34-67(62)85(68)59-27-9-3-10-28-59/h1-48H. The van der Waals surface area contributed by atoms with Gasteiger partial charge < -0.3 is 9.13 Å². The molecule has 6 heterocycles. The van der Waals surface area contributed by atoms with Crippen LogP contribution >= 0.6 is 22.7 Å². The zero-order valence-electron chi connectivity index (χ0n) is 47.2. The van der Waals surface area contributed by atoms with Crippen molar-refractivity contribution in [3.05, 3.63) is 291 Å². The van der Waals surface area contributed by atoms with Crippen LogP contribution in [-0.4, -0.2) is 29.1 Å². The molecule has 6 nitrogen and oxygen atoms in total. The highest BCUT2D eigenvalue weighted by molar-refractivity contribution is 7.27. The van der Waals surface area contributed by atoms with E-state index in [0.29, 0.717) is 11.6 Å². The lowest BCUT2D eigenvalue weighted by atomic mass is 9.95. The number of hydrogen-bond donors (Lipinski definition) is 0. The Balaban J connectivity index is 0.679. The van der Waals surface area contributed by atoms with Crippen LogP contribution in [0.3, 0.4) is 0 Å². The van der Waals surface area contributed by atoms with Gasteiger partial charge in [-0.05, 0) is 106 Å². The van der Waals surface area contributed by atoms with E-state index in [2.05, 4.69) is 294 Å². The normalized spacial score (nSPS) is 11.9. The Bertz CT molecular complexity index is 5770. The summed E-state index contributed by atoms with van der Waals surface area (Å²) in [5.41, 5.74) is 21.7. The second-order valence-corrected chi connectivity index (χ2v) is 24.6. The molecule has 0 aliphatic carbocycles. The Morgan fingerprint density at radius 2 is 0.670 bits per heavy atom. The van der Waals surface area contributed by atoms with Gasteiger partial charge in [0.25, 0.3) is 0 Å². The van der Waals surface area contributed by atoms with E-state index >= 15 is 0 Å². The van der Waals surface area contributed by atoms with Gasteiger partial charge in [-0.3, -0.25) is 0 Å². The SMILES string of the molecule is c1ccc(-c2nc(-c3ccc(-c4cccc(-c5cccc(-c6ccc(-c7nc(-c8ccccc8)c8sc9cc%10c(cc9c8n7)c7ccccc7n%10-c7ccccc7)cc6)c5)c4)cc3)c3sc4c(ccc5c4c4ccccc4n5-c4ccccc4)c3n2)cc1. The van der Waals surface area contributed by atoms with Crippen LogP contribution in [0.15, 0.2) is 291 Å². The molecule has 0 aliphatic heterocycles. The van der Waals surface area contributed by atoms with Gasteiger partial charge in [0.2, 0.25) is 0 Å². The van der Waals surface area contributed by atoms with Crippen molar-refractivity contribution < 1.29 is 0 Å². The van der Waals surface area contributed by atoms with Crippen molar-refractivity contribution in [3.63, 3.8) is 0 Å². The quantitative estimate of drug-likeness (QED) is 0.144. The maximum Gasteiger partial charge on any atom is 0.160 e. The van der Waals surface area contributed by atoms with Crippen LogP contribution in [0.4, 0.5) is 0 Å². The topological polar surface area (TPSA) is 61.4 Å². The Morgan fingerprint density at radius 3 is 1.27 bits per heavy atom. The van der Waals surface area contributed by atoms with E-state index in [4.69, 9.17) is 19.9 Å². The predicted octanol–water partition coefficient (Wildman–Crippen LogP) is 21.9. The number of para-hydroxylation sites is 4. The van der Waals surface area contributed by atoms with Crippen LogP contribution in [0.5, 0.6) is 0 Å². The Morgan fingerprint density at radius 1 is 0.239 bits per heavy atom. The van der Waals surface area contributed by atoms with Crippen molar-refractivity contribution in [2.45, 2.75) is 0 Å². The average molecular weight is 1160 g/mol. The summed E-state index contributed by atoms with van der Waals surface area (Å²) >= 11 is 3.57. The summed E-state index contributed by atoms with van der Waals surface area (Å²) in [6, 6.07) is 104. The minimum Gasteiger partial charge on any atom is -0.309 e. The third-order valence-corrected chi connectivity index (χ3v) is 19.7. The highest BCUT2D eigenvalue weighted by Gasteiger charge is 2.24. The van der Waals surface area contributed by atoms with Crippen molar-refractivity contribution >= 4 is 107 Å². The fourth-order valence-electron chi connectivity index (χ4n) is 13.2. The van der Waals surface area contributed by atoms with E-state index in [-0.39, 0.29) is 0 Å². The lowest BCUT2D eigenvalue weighted by molar-refractivity contribution is 1.18. The molecule has 0 saturated carbocycles. The zero-order chi connectivity index (χ0) is 57.8. The van der Waals surface area contributed by atoms with E-state index < -0.39 is 0 Å². The summed E-state index contributed by atoms with van der Waals surface area (Å²) < 4.78 is 9.32. The van der Waals surface area contributed by atoms with Gasteiger partial charge in [-0.25, -0.2) is 19.9 Å². The molecular weight excluding hydrogens is 1110 g/mol. The molecule has 0 N–H and O–H groups in total. The van der Waals surface area contributed by atoms with E-state index in [0.717, 1.165) is 110 Å². The number of fused-ring (bicyclic) bond motifs is 13. The van der Waals surface area contributed by atoms with Crippen molar-refractivity contribution in [1.29, 1.82) is 0 Å². The maximum atomic E-state index is 5.43. The number of hydrogen-bond acceptors (Lipinski definition) is 6. The summed E-state index contributed by atoms with van der Waals surface area (Å²) in [6.45, 7) is 0. The van der Waals surface area contributed by atoms with Gasteiger partial charge in [-0.2, -0.15) is 0 Å². The number of aromatic nitrogens is 6. The minimum atomic E-state index is 0.704. The van der Waals surface area contributed by atoms with Gasteiger partial charge in [0.05, 0.1) is 53.9 Å². The van der Waals surface area contributed by atoms with Crippen LogP contribution in [0.2, 0.25) is 0 Å². The molecule has 0 aliphatic rings. The summed E-state index contributed by atoms with van der Waals surface area (Å²) in [6.07, 6.45) is 0. The monoisotopic (exact) mass is 1160 g/mol. The van der Waals surface area contributed by atoms with E-state index in [1.54, 1.807) is 22.7 Å². The number of thiophene rings is 2. The Kier molecular flexibility index (Phi) is 11.5. The Hall–Kier alpha value is -11.2. The summed E-state index contributed by atoms with van der Waals surface area (Å²) in [4.78, 5) is 21.5. The molecule has 0 spiro atoms. The second kappa shape index (κ2) is 20.2. The van der Waals surface area contributed by atoms with E-state index in [9.17, 15) is 0 Å².